The molecule has 0 radical (unpaired) electrons. The highest BCUT2D eigenvalue weighted by atomic mass is 127. The second-order valence-corrected chi connectivity index (χ2v) is 7.66. The number of nitrogens with zero attached hydrogens (tertiary/aromatic N) is 2. The summed E-state index contributed by atoms with van der Waals surface area (Å²) in [5.41, 5.74) is 0.0692. The van der Waals surface area contributed by atoms with Gasteiger partial charge in [0, 0.05) is 44.2 Å². The van der Waals surface area contributed by atoms with Gasteiger partial charge in [0.25, 0.3) is 5.91 Å². The maximum atomic E-state index is 13.6. The normalized spacial score (nSPS) is 17.7. The highest BCUT2D eigenvalue weighted by Gasteiger charge is 2.24. The third kappa shape index (κ3) is 6.61. The summed E-state index contributed by atoms with van der Waals surface area (Å²) in [4.78, 5) is 18.6. The molecule has 5 nitrogen and oxygen atoms in total. The molecule has 0 aliphatic carbocycles. The van der Waals surface area contributed by atoms with Crippen LogP contribution in [-0.2, 0) is 0 Å². The van der Waals surface area contributed by atoms with Crippen molar-refractivity contribution in [1.82, 2.24) is 15.5 Å². The molecule has 1 aliphatic heterocycles. The van der Waals surface area contributed by atoms with Gasteiger partial charge in [-0.1, -0.05) is 26.0 Å². The first-order chi connectivity index (χ1) is 12.0. The molecule has 1 fully saturated rings. The van der Waals surface area contributed by atoms with Gasteiger partial charge in [-0.25, -0.2) is 4.39 Å². The van der Waals surface area contributed by atoms with Crippen LogP contribution in [0.4, 0.5) is 4.39 Å². The third-order valence-electron chi connectivity index (χ3n) is 4.16. The number of hydrogen-bond donors (Lipinski definition) is 2. The molecule has 1 heterocycles. The molecule has 0 bridgehead atoms. The summed E-state index contributed by atoms with van der Waals surface area (Å²) in [7, 11) is 1.77. The molecular weight excluding hydrogens is 466 g/mol. The first-order valence-corrected chi connectivity index (χ1v) is 9.67. The Hall–Kier alpha value is -1.03. The van der Waals surface area contributed by atoms with Gasteiger partial charge in [-0.15, -0.1) is 24.0 Å². The lowest BCUT2D eigenvalue weighted by molar-refractivity contribution is 0.0950. The summed E-state index contributed by atoms with van der Waals surface area (Å²) in [6, 6.07) is 5.99. The van der Waals surface area contributed by atoms with Gasteiger partial charge in [-0.05, 0) is 18.1 Å². The molecule has 1 aliphatic rings. The highest BCUT2D eigenvalue weighted by Crippen LogP contribution is 2.24. The summed E-state index contributed by atoms with van der Waals surface area (Å²) < 4.78 is 13.6. The van der Waals surface area contributed by atoms with Gasteiger partial charge in [-0.2, -0.15) is 11.8 Å². The highest BCUT2D eigenvalue weighted by molar-refractivity contribution is 14.0. The SMILES string of the molecule is CN=C(NCCNC(=O)c1ccccc1F)N1CCSC(C(C)C)C1.I. The van der Waals surface area contributed by atoms with Crippen molar-refractivity contribution in [1.29, 1.82) is 0 Å². The zero-order valence-corrected chi connectivity index (χ0v) is 18.6. The number of hydrogen-bond acceptors (Lipinski definition) is 3. The van der Waals surface area contributed by atoms with Crippen LogP contribution in [0.15, 0.2) is 29.3 Å². The van der Waals surface area contributed by atoms with Crippen molar-refractivity contribution in [3.63, 3.8) is 0 Å². The van der Waals surface area contributed by atoms with Crippen molar-refractivity contribution < 1.29 is 9.18 Å². The van der Waals surface area contributed by atoms with Crippen LogP contribution in [0, 0.1) is 11.7 Å². The third-order valence-corrected chi connectivity index (χ3v) is 5.70. The Morgan fingerprint density at radius 3 is 2.69 bits per heavy atom. The Morgan fingerprint density at radius 2 is 2.04 bits per heavy atom. The predicted octanol–water partition coefficient (Wildman–Crippen LogP) is 2.82. The molecule has 1 atom stereocenters. The lowest BCUT2D eigenvalue weighted by Gasteiger charge is -2.36. The minimum absolute atomic E-state index is 0. The minimum Gasteiger partial charge on any atom is -0.354 e. The molecular formula is C18H28FIN4OS. The molecule has 0 spiro atoms. The Morgan fingerprint density at radius 1 is 1.35 bits per heavy atom. The Bertz CT molecular complexity index is 615. The first kappa shape index (κ1) is 23.0. The van der Waals surface area contributed by atoms with Crippen LogP contribution in [-0.4, -0.2) is 61.0 Å². The van der Waals surface area contributed by atoms with E-state index < -0.39 is 11.7 Å². The maximum Gasteiger partial charge on any atom is 0.254 e. The van der Waals surface area contributed by atoms with Gasteiger partial charge in [-0.3, -0.25) is 9.79 Å². The lowest BCUT2D eigenvalue weighted by Crippen LogP contribution is -2.50. The Kier molecular flexibility index (Phi) is 10.3. The van der Waals surface area contributed by atoms with Crippen molar-refractivity contribution >= 4 is 47.6 Å². The van der Waals surface area contributed by atoms with Gasteiger partial charge in [0.05, 0.1) is 5.56 Å². The van der Waals surface area contributed by atoms with Crippen LogP contribution in [0.2, 0.25) is 0 Å². The molecule has 1 aromatic carbocycles. The average molecular weight is 494 g/mol. The summed E-state index contributed by atoms with van der Waals surface area (Å²) in [6.45, 7) is 7.38. The largest absolute Gasteiger partial charge is 0.354 e. The zero-order chi connectivity index (χ0) is 18.2. The molecule has 2 rings (SSSR count). The van der Waals surface area contributed by atoms with E-state index in [1.807, 2.05) is 11.8 Å². The summed E-state index contributed by atoms with van der Waals surface area (Å²) >= 11 is 2.02. The van der Waals surface area contributed by atoms with E-state index in [9.17, 15) is 9.18 Å². The fourth-order valence-corrected chi connectivity index (χ4v) is 3.99. The molecule has 0 saturated carbocycles. The molecule has 1 unspecified atom stereocenters. The lowest BCUT2D eigenvalue weighted by atomic mass is 10.1. The maximum absolute atomic E-state index is 13.6. The van der Waals surface area contributed by atoms with Crippen LogP contribution >= 0.6 is 35.7 Å². The fraction of sp³-hybridized carbons (Fsp3) is 0.556. The van der Waals surface area contributed by atoms with Crippen LogP contribution in [0.1, 0.15) is 24.2 Å². The number of guanidine groups is 1. The van der Waals surface area contributed by atoms with Gasteiger partial charge in [0.2, 0.25) is 0 Å². The first-order valence-electron chi connectivity index (χ1n) is 8.63. The van der Waals surface area contributed by atoms with Crippen molar-refractivity contribution in [3.8, 4) is 0 Å². The van der Waals surface area contributed by atoms with Crippen LogP contribution in [0.5, 0.6) is 0 Å². The molecule has 8 heteroatoms. The monoisotopic (exact) mass is 494 g/mol. The fourth-order valence-electron chi connectivity index (χ4n) is 2.69. The van der Waals surface area contributed by atoms with Crippen molar-refractivity contribution in [3.05, 3.63) is 35.6 Å². The summed E-state index contributed by atoms with van der Waals surface area (Å²) in [5.74, 6) is 1.67. The standard InChI is InChI=1S/C18H27FN4OS.HI/c1-13(2)16-12-23(10-11-25-16)18(20-3)22-9-8-21-17(24)14-6-4-5-7-15(14)19;/h4-7,13,16H,8-12H2,1-3H3,(H,20,22)(H,21,24);1H. The number of carbonyl (C=O) groups is 1. The predicted molar refractivity (Wildman–Crippen MR) is 118 cm³/mol. The number of carbonyl (C=O) groups excluding carboxylic acids is 1. The smallest absolute Gasteiger partial charge is 0.254 e. The summed E-state index contributed by atoms with van der Waals surface area (Å²) in [6.07, 6.45) is 0. The van der Waals surface area contributed by atoms with E-state index >= 15 is 0 Å². The number of nitrogens with one attached hydrogen (secondary N) is 2. The van der Waals surface area contributed by atoms with Crippen molar-refractivity contribution in [2.45, 2.75) is 19.1 Å². The number of benzene rings is 1. The molecule has 0 aromatic heterocycles. The number of rotatable bonds is 5. The molecule has 26 heavy (non-hydrogen) atoms. The molecule has 2 N–H and O–H groups in total. The average Bonchev–Trinajstić information content (AvgIpc) is 2.62. The topological polar surface area (TPSA) is 56.7 Å². The molecule has 1 amide bonds. The second kappa shape index (κ2) is 11.6. The van der Waals surface area contributed by atoms with Crippen LogP contribution < -0.4 is 10.6 Å². The van der Waals surface area contributed by atoms with E-state index in [1.54, 1.807) is 19.2 Å². The number of amides is 1. The second-order valence-electron chi connectivity index (χ2n) is 6.31. The van der Waals surface area contributed by atoms with Crippen molar-refractivity contribution in [2.75, 3.05) is 39.0 Å². The summed E-state index contributed by atoms with van der Waals surface area (Å²) in [5, 5.41) is 6.61. The van der Waals surface area contributed by atoms with E-state index in [-0.39, 0.29) is 29.5 Å². The number of aliphatic imine (C=N–C) groups is 1. The molecule has 1 aromatic rings. The Labute approximate surface area is 176 Å². The number of thioether (sulfide) groups is 1. The van der Waals surface area contributed by atoms with E-state index in [1.165, 1.54) is 12.1 Å². The van der Waals surface area contributed by atoms with Gasteiger partial charge < -0.3 is 15.5 Å². The van der Waals surface area contributed by atoms with Crippen molar-refractivity contribution in [2.24, 2.45) is 10.9 Å². The molecule has 1 saturated heterocycles. The molecule has 146 valence electrons. The Balaban J connectivity index is 0.00000338. The zero-order valence-electron chi connectivity index (χ0n) is 15.5. The number of halogens is 2. The van der Waals surface area contributed by atoms with Gasteiger partial charge >= 0.3 is 0 Å². The van der Waals surface area contributed by atoms with E-state index in [0.717, 1.165) is 24.8 Å². The van der Waals surface area contributed by atoms with Crippen LogP contribution in [0.3, 0.4) is 0 Å². The van der Waals surface area contributed by atoms with Gasteiger partial charge in [0.15, 0.2) is 5.96 Å². The van der Waals surface area contributed by atoms with E-state index in [0.29, 0.717) is 24.3 Å². The minimum atomic E-state index is -0.505. The van der Waals surface area contributed by atoms with E-state index in [2.05, 4.69) is 34.4 Å². The van der Waals surface area contributed by atoms with E-state index in [4.69, 9.17) is 0 Å². The van der Waals surface area contributed by atoms with Crippen LogP contribution in [0.25, 0.3) is 0 Å². The quantitative estimate of drug-likeness (QED) is 0.286. The van der Waals surface area contributed by atoms with Gasteiger partial charge in [0.1, 0.15) is 5.82 Å².